The van der Waals surface area contributed by atoms with Crippen LogP contribution >= 0.6 is 0 Å². The number of halogens is 1. The van der Waals surface area contributed by atoms with Crippen molar-refractivity contribution in [1.29, 1.82) is 0 Å². The molecule has 0 aromatic heterocycles. The third-order valence-corrected chi connectivity index (χ3v) is 6.13. The Hall–Kier alpha value is 0.730. The SMILES string of the molecule is C[C@@H]1C[I-]C[C@H]2C[C@H]21. The van der Waals surface area contributed by atoms with Crippen molar-refractivity contribution < 1.29 is 21.2 Å². The first-order valence-electron chi connectivity index (χ1n) is 3.41. The van der Waals surface area contributed by atoms with Gasteiger partial charge in [-0.1, -0.05) is 0 Å². The molecular formula is C7H12I-. The van der Waals surface area contributed by atoms with Gasteiger partial charge in [0.2, 0.25) is 0 Å². The molecule has 0 unspecified atom stereocenters. The van der Waals surface area contributed by atoms with Crippen LogP contribution in [0.5, 0.6) is 0 Å². The Morgan fingerprint density at radius 1 is 1.38 bits per heavy atom. The van der Waals surface area contributed by atoms with Crippen LogP contribution in [0.4, 0.5) is 0 Å². The number of alkyl halides is 2. The van der Waals surface area contributed by atoms with Gasteiger partial charge in [-0.15, -0.1) is 0 Å². The normalized spacial score (nSPS) is 53.9. The van der Waals surface area contributed by atoms with Gasteiger partial charge in [-0.05, 0) is 0 Å². The summed E-state index contributed by atoms with van der Waals surface area (Å²) in [5, 5.41) is 0. The Morgan fingerprint density at radius 2 is 2.25 bits per heavy atom. The van der Waals surface area contributed by atoms with E-state index in [1.807, 2.05) is 0 Å². The van der Waals surface area contributed by atoms with Crippen molar-refractivity contribution in [2.24, 2.45) is 17.8 Å². The van der Waals surface area contributed by atoms with E-state index in [2.05, 4.69) is 6.92 Å². The standard InChI is InChI=1S/C7H12I/c1-5-3-8-4-6-2-7(5)6/h5-7H,2-4H2,1H3/q-1/t5-,6-,7+/m1/s1. The van der Waals surface area contributed by atoms with Gasteiger partial charge in [0, 0.05) is 0 Å². The number of fused-ring (bicyclic) bond motifs is 1. The van der Waals surface area contributed by atoms with Gasteiger partial charge < -0.3 is 0 Å². The minimum absolute atomic E-state index is 0.676. The van der Waals surface area contributed by atoms with Crippen LogP contribution in [-0.2, 0) is 0 Å². The Labute approximate surface area is 61.3 Å². The van der Waals surface area contributed by atoms with Gasteiger partial charge in [-0.3, -0.25) is 0 Å². The Kier molecular flexibility index (Phi) is 1.28. The molecule has 0 spiro atoms. The molecule has 1 heteroatoms. The van der Waals surface area contributed by atoms with Gasteiger partial charge in [0.1, 0.15) is 0 Å². The Balaban J connectivity index is 1.99. The first-order valence-corrected chi connectivity index (χ1v) is 6.46. The summed E-state index contributed by atoms with van der Waals surface area (Å²) < 4.78 is 3.29. The molecule has 48 valence electrons. The van der Waals surface area contributed by atoms with Crippen LogP contribution in [-0.4, -0.2) is 8.86 Å². The molecule has 0 bridgehead atoms. The van der Waals surface area contributed by atoms with Gasteiger partial charge in [0.25, 0.3) is 0 Å². The molecule has 2 fully saturated rings. The van der Waals surface area contributed by atoms with Crippen molar-refractivity contribution in [3.05, 3.63) is 0 Å². The van der Waals surface area contributed by atoms with Crippen molar-refractivity contribution in [3.63, 3.8) is 0 Å². The molecular weight excluding hydrogens is 211 g/mol. The van der Waals surface area contributed by atoms with E-state index in [-0.39, 0.29) is 0 Å². The predicted molar refractivity (Wildman–Crippen MR) is 30.5 cm³/mol. The van der Waals surface area contributed by atoms with Crippen LogP contribution in [0.3, 0.4) is 0 Å². The molecule has 8 heavy (non-hydrogen) atoms. The van der Waals surface area contributed by atoms with Crippen molar-refractivity contribution >= 4 is 0 Å². The molecule has 1 aliphatic heterocycles. The molecule has 2 aliphatic rings. The monoisotopic (exact) mass is 223 g/mol. The van der Waals surface area contributed by atoms with E-state index in [1.165, 1.54) is 11.8 Å². The summed E-state index contributed by atoms with van der Waals surface area (Å²) in [4.78, 5) is 0. The van der Waals surface area contributed by atoms with Crippen molar-refractivity contribution in [1.82, 2.24) is 0 Å². The van der Waals surface area contributed by atoms with Crippen LogP contribution < -0.4 is 21.2 Å². The van der Waals surface area contributed by atoms with Gasteiger partial charge in [-0.2, -0.15) is 0 Å². The third kappa shape index (κ3) is 0.789. The van der Waals surface area contributed by atoms with Crippen LogP contribution in [0.1, 0.15) is 13.3 Å². The van der Waals surface area contributed by atoms with Crippen LogP contribution in [0.25, 0.3) is 0 Å². The fourth-order valence-corrected chi connectivity index (χ4v) is 5.44. The Bertz CT molecular complexity index is 101. The second kappa shape index (κ2) is 1.86. The second-order valence-corrected chi connectivity index (χ2v) is 5.97. The van der Waals surface area contributed by atoms with E-state index < -0.39 is 0 Å². The molecule has 1 saturated heterocycles. The summed E-state index contributed by atoms with van der Waals surface area (Å²) in [7, 11) is 0. The first kappa shape index (κ1) is 5.51. The summed E-state index contributed by atoms with van der Waals surface area (Å²) in [5.74, 6) is 3.55. The van der Waals surface area contributed by atoms with E-state index in [1.54, 1.807) is 15.3 Å². The van der Waals surface area contributed by atoms with Crippen molar-refractivity contribution in [2.45, 2.75) is 13.3 Å². The number of hydrogen-bond donors (Lipinski definition) is 0. The average molecular weight is 223 g/mol. The zero-order valence-corrected chi connectivity index (χ0v) is 7.39. The Morgan fingerprint density at radius 3 is 2.88 bits per heavy atom. The van der Waals surface area contributed by atoms with Crippen LogP contribution in [0.2, 0.25) is 0 Å². The van der Waals surface area contributed by atoms with Crippen LogP contribution in [0, 0.1) is 17.8 Å². The van der Waals surface area contributed by atoms with Crippen molar-refractivity contribution in [2.75, 3.05) is 8.86 Å². The maximum absolute atomic E-state index is 2.45. The number of rotatable bonds is 0. The van der Waals surface area contributed by atoms with E-state index in [4.69, 9.17) is 0 Å². The van der Waals surface area contributed by atoms with Gasteiger partial charge in [0.15, 0.2) is 0 Å². The second-order valence-electron chi connectivity index (χ2n) is 3.13. The maximum atomic E-state index is 2.45. The van der Waals surface area contributed by atoms with Crippen molar-refractivity contribution in [3.8, 4) is 0 Å². The zero-order valence-electron chi connectivity index (χ0n) is 5.23. The molecule has 0 N–H and O–H groups in total. The molecule has 0 radical (unpaired) electrons. The van der Waals surface area contributed by atoms with E-state index in [0.717, 1.165) is 5.92 Å². The fraction of sp³-hybridized carbons (Fsp3) is 1.00. The van der Waals surface area contributed by atoms with Gasteiger partial charge in [-0.25, -0.2) is 0 Å². The molecule has 1 saturated carbocycles. The molecule has 0 aromatic carbocycles. The summed E-state index contributed by atoms with van der Waals surface area (Å²) in [6, 6.07) is 0. The fourth-order valence-electron chi connectivity index (χ4n) is 1.64. The number of hydrogen-bond acceptors (Lipinski definition) is 0. The zero-order chi connectivity index (χ0) is 5.56. The predicted octanol–water partition coefficient (Wildman–Crippen LogP) is -1.64. The molecule has 3 atom stereocenters. The topological polar surface area (TPSA) is 0 Å². The summed E-state index contributed by atoms with van der Waals surface area (Å²) >= 11 is 0.676. The van der Waals surface area contributed by atoms with E-state index in [9.17, 15) is 0 Å². The quantitative estimate of drug-likeness (QED) is 0.341. The molecule has 0 nitrogen and oxygen atoms in total. The van der Waals surface area contributed by atoms with E-state index in [0.29, 0.717) is 21.2 Å². The summed E-state index contributed by atoms with van der Waals surface area (Å²) in [6.07, 6.45) is 1.60. The average Bonchev–Trinajstić information content (AvgIpc) is 2.45. The summed E-state index contributed by atoms with van der Waals surface area (Å²) in [5.41, 5.74) is 0. The third-order valence-electron chi connectivity index (χ3n) is 2.37. The molecule has 2 rings (SSSR count). The van der Waals surface area contributed by atoms with E-state index >= 15 is 0 Å². The van der Waals surface area contributed by atoms with Gasteiger partial charge in [0.05, 0.1) is 0 Å². The molecule has 1 heterocycles. The first-order chi connectivity index (χ1) is 3.88. The minimum atomic E-state index is 0.676. The molecule has 0 amide bonds. The van der Waals surface area contributed by atoms with Gasteiger partial charge >= 0.3 is 61.2 Å². The molecule has 1 aliphatic carbocycles. The molecule has 0 aromatic rings. The van der Waals surface area contributed by atoms with Crippen LogP contribution in [0.15, 0.2) is 0 Å². The summed E-state index contributed by atoms with van der Waals surface area (Å²) in [6.45, 7) is 2.45.